The van der Waals surface area contributed by atoms with Gasteiger partial charge in [-0.1, -0.05) is 35.9 Å². The van der Waals surface area contributed by atoms with E-state index in [4.69, 9.17) is 11.6 Å². The number of aromatic nitrogens is 1. The molecular formula is C14H10ClNO2S2. The Morgan fingerprint density at radius 3 is 2.65 bits per heavy atom. The van der Waals surface area contributed by atoms with Crippen LogP contribution >= 0.6 is 22.9 Å². The molecule has 0 spiro atoms. The normalized spacial score (nSPS) is 11.8. The summed E-state index contributed by atoms with van der Waals surface area (Å²) in [7, 11) is -3.44. The van der Waals surface area contributed by atoms with Crippen LogP contribution in [0.1, 0.15) is 5.56 Å². The van der Waals surface area contributed by atoms with Crippen LogP contribution in [0, 0.1) is 0 Å². The van der Waals surface area contributed by atoms with Crippen molar-refractivity contribution in [3.8, 4) is 0 Å². The van der Waals surface area contributed by atoms with Gasteiger partial charge in [-0.05, 0) is 29.8 Å². The predicted octanol–water partition coefficient (Wildman–Crippen LogP) is 3.92. The van der Waals surface area contributed by atoms with Crippen LogP contribution in [0.15, 0.2) is 52.9 Å². The number of hydrogen-bond acceptors (Lipinski definition) is 4. The van der Waals surface area contributed by atoms with Crippen molar-refractivity contribution in [3.63, 3.8) is 0 Å². The van der Waals surface area contributed by atoms with E-state index in [1.807, 2.05) is 24.3 Å². The Morgan fingerprint density at radius 1 is 1.10 bits per heavy atom. The third-order valence-electron chi connectivity index (χ3n) is 2.79. The van der Waals surface area contributed by atoms with Gasteiger partial charge in [0.05, 0.1) is 16.0 Å². The molecule has 0 aliphatic heterocycles. The zero-order valence-electron chi connectivity index (χ0n) is 10.3. The van der Waals surface area contributed by atoms with Gasteiger partial charge in [-0.15, -0.1) is 11.3 Å². The Kier molecular flexibility index (Phi) is 3.50. The van der Waals surface area contributed by atoms with E-state index in [2.05, 4.69) is 4.98 Å². The maximum absolute atomic E-state index is 12.4. The van der Waals surface area contributed by atoms with Gasteiger partial charge < -0.3 is 0 Å². The Balaban J connectivity index is 1.99. The van der Waals surface area contributed by atoms with Gasteiger partial charge in [0.1, 0.15) is 0 Å². The van der Waals surface area contributed by atoms with Crippen molar-refractivity contribution in [2.75, 3.05) is 0 Å². The van der Waals surface area contributed by atoms with Gasteiger partial charge >= 0.3 is 0 Å². The molecule has 6 heteroatoms. The highest BCUT2D eigenvalue weighted by Crippen LogP contribution is 2.27. The molecule has 0 unspecified atom stereocenters. The maximum Gasteiger partial charge on any atom is 0.210 e. The van der Waals surface area contributed by atoms with Crippen LogP contribution in [0.5, 0.6) is 0 Å². The summed E-state index contributed by atoms with van der Waals surface area (Å²) in [6.07, 6.45) is 0. The van der Waals surface area contributed by atoms with Crippen LogP contribution in [0.4, 0.5) is 0 Å². The van der Waals surface area contributed by atoms with Gasteiger partial charge in [0, 0.05) is 5.02 Å². The van der Waals surface area contributed by atoms with Gasteiger partial charge in [-0.25, -0.2) is 13.4 Å². The van der Waals surface area contributed by atoms with Crippen LogP contribution in [0.25, 0.3) is 10.2 Å². The zero-order chi connectivity index (χ0) is 14.2. The summed E-state index contributed by atoms with van der Waals surface area (Å²) in [6, 6.07) is 14.3. The number of benzene rings is 2. The van der Waals surface area contributed by atoms with E-state index >= 15 is 0 Å². The van der Waals surface area contributed by atoms with E-state index in [1.165, 1.54) is 11.3 Å². The topological polar surface area (TPSA) is 47.0 Å². The molecule has 0 N–H and O–H groups in total. The molecule has 3 nitrogen and oxygen atoms in total. The second-order valence-corrected chi connectivity index (χ2v) is 7.97. The maximum atomic E-state index is 12.4. The van der Waals surface area contributed by atoms with Crippen LogP contribution in [-0.2, 0) is 15.6 Å². The lowest BCUT2D eigenvalue weighted by Gasteiger charge is -2.01. The van der Waals surface area contributed by atoms with E-state index in [-0.39, 0.29) is 10.1 Å². The van der Waals surface area contributed by atoms with Crippen LogP contribution in [-0.4, -0.2) is 13.4 Å². The number of sulfone groups is 1. The largest absolute Gasteiger partial charge is 0.225 e. The molecule has 0 saturated carbocycles. The number of fused-ring (bicyclic) bond motifs is 1. The van der Waals surface area contributed by atoms with Crippen molar-refractivity contribution in [1.82, 2.24) is 4.98 Å². The smallest absolute Gasteiger partial charge is 0.210 e. The SMILES string of the molecule is O=S(=O)(Cc1cccc(Cl)c1)c1nc2ccccc2s1. The molecule has 0 bridgehead atoms. The number of para-hydroxylation sites is 1. The van der Waals surface area contributed by atoms with E-state index in [0.717, 1.165) is 4.70 Å². The zero-order valence-corrected chi connectivity index (χ0v) is 12.7. The Hall–Kier alpha value is -1.43. The van der Waals surface area contributed by atoms with Gasteiger partial charge in [-0.3, -0.25) is 0 Å². The lowest BCUT2D eigenvalue weighted by Crippen LogP contribution is -2.04. The van der Waals surface area contributed by atoms with E-state index in [9.17, 15) is 8.42 Å². The first kappa shape index (κ1) is 13.5. The quantitative estimate of drug-likeness (QED) is 0.734. The third-order valence-corrected chi connectivity index (χ3v) is 6.20. The first-order valence-corrected chi connectivity index (χ1v) is 8.72. The molecule has 0 fully saturated rings. The molecule has 0 atom stereocenters. The highest BCUT2D eigenvalue weighted by Gasteiger charge is 2.20. The molecule has 2 aromatic carbocycles. The third kappa shape index (κ3) is 2.70. The fourth-order valence-electron chi connectivity index (χ4n) is 1.89. The highest BCUT2D eigenvalue weighted by molar-refractivity contribution is 7.92. The molecule has 0 saturated heterocycles. The number of rotatable bonds is 3. The Labute approximate surface area is 125 Å². The minimum atomic E-state index is -3.44. The molecule has 0 aliphatic carbocycles. The van der Waals surface area contributed by atoms with Crippen LogP contribution in [0.3, 0.4) is 0 Å². The number of nitrogens with zero attached hydrogens (tertiary/aromatic N) is 1. The molecule has 0 radical (unpaired) electrons. The molecule has 3 aromatic rings. The van der Waals surface area contributed by atoms with Crippen molar-refractivity contribution in [3.05, 3.63) is 59.1 Å². The standard InChI is InChI=1S/C14H10ClNO2S2/c15-11-5-3-4-10(8-11)9-20(17,18)14-16-12-6-1-2-7-13(12)19-14/h1-8H,9H2. The van der Waals surface area contributed by atoms with Gasteiger partial charge in [0.15, 0.2) is 0 Å². The van der Waals surface area contributed by atoms with Crippen LogP contribution in [0.2, 0.25) is 5.02 Å². The van der Waals surface area contributed by atoms with Crippen molar-refractivity contribution >= 4 is 43.0 Å². The highest BCUT2D eigenvalue weighted by atomic mass is 35.5. The average Bonchev–Trinajstić information content (AvgIpc) is 2.82. The number of thiazole rings is 1. The van der Waals surface area contributed by atoms with Gasteiger partial charge in [0.25, 0.3) is 0 Å². The van der Waals surface area contributed by atoms with Crippen molar-refractivity contribution < 1.29 is 8.42 Å². The first-order chi connectivity index (χ1) is 9.54. The van der Waals surface area contributed by atoms with Crippen molar-refractivity contribution in [2.24, 2.45) is 0 Å². The second-order valence-electron chi connectivity index (χ2n) is 4.34. The summed E-state index contributed by atoms with van der Waals surface area (Å²) in [5.74, 6) is -0.0899. The van der Waals surface area contributed by atoms with Crippen molar-refractivity contribution in [2.45, 2.75) is 10.1 Å². The monoisotopic (exact) mass is 323 g/mol. The Bertz CT molecular complexity index is 839. The number of hydrogen-bond donors (Lipinski definition) is 0. The minimum Gasteiger partial charge on any atom is -0.225 e. The summed E-state index contributed by atoms with van der Waals surface area (Å²) in [5.41, 5.74) is 1.37. The summed E-state index contributed by atoms with van der Waals surface area (Å²) in [5, 5.41) is 0.530. The van der Waals surface area contributed by atoms with E-state index in [0.29, 0.717) is 16.1 Å². The van der Waals surface area contributed by atoms with Gasteiger partial charge in [0.2, 0.25) is 14.2 Å². The molecule has 0 amide bonds. The van der Waals surface area contributed by atoms with E-state index in [1.54, 1.807) is 24.3 Å². The summed E-state index contributed by atoms with van der Waals surface area (Å²) >= 11 is 7.07. The first-order valence-electron chi connectivity index (χ1n) is 5.87. The molecule has 1 heterocycles. The molecule has 0 aliphatic rings. The second kappa shape index (κ2) is 5.16. The van der Waals surface area contributed by atoms with Crippen LogP contribution < -0.4 is 0 Å². The predicted molar refractivity (Wildman–Crippen MR) is 82.0 cm³/mol. The number of halogens is 1. The summed E-state index contributed by atoms with van der Waals surface area (Å²) in [6.45, 7) is 0. The molecule has 1 aromatic heterocycles. The van der Waals surface area contributed by atoms with Crippen molar-refractivity contribution in [1.29, 1.82) is 0 Å². The van der Waals surface area contributed by atoms with E-state index < -0.39 is 9.84 Å². The summed E-state index contributed by atoms with van der Waals surface area (Å²) < 4.78 is 25.8. The summed E-state index contributed by atoms with van der Waals surface area (Å²) in [4.78, 5) is 4.20. The molecule has 102 valence electrons. The molecular weight excluding hydrogens is 314 g/mol. The Morgan fingerprint density at radius 2 is 1.90 bits per heavy atom. The molecule has 3 rings (SSSR count). The average molecular weight is 324 g/mol. The lowest BCUT2D eigenvalue weighted by atomic mass is 10.2. The minimum absolute atomic E-state index is 0.0899. The van der Waals surface area contributed by atoms with Gasteiger partial charge in [-0.2, -0.15) is 0 Å². The fourth-order valence-corrected chi connectivity index (χ4v) is 4.74. The lowest BCUT2D eigenvalue weighted by molar-refractivity contribution is 0.594. The fraction of sp³-hybridized carbons (Fsp3) is 0.0714. The molecule has 20 heavy (non-hydrogen) atoms.